The van der Waals surface area contributed by atoms with Gasteiger partial charge in [0.1, 0.15) is 11.5 Å². The molecule has 2 aromatic heterocycles. The summed E-state index contributed by atoms with van der Waals surface area (Å²) < 4.78 is 10.9. The first-order chi connectivity index (χ1) is 13.2. The van der Waals surface area contributed by atoms with Crippen LogP contribution in [-0.2, 0) is 6.54 Å². The average molecular weight is 359 g/mol. The molecule has 0 aliphatic carbocycles. The molecule has 6 nitrogen and oxygen atoms in total. The Balaban J connectivity index is 1.58. The summed E-state index contributed by atoms with van der Waals surface area (Å²) in [7, 11) is 0. The maximum absolute atomic E-state index is 12.7. The molecule has 2 aromatic carbocycles. The van der Waals surface area contributed by atoms with Gasteiger partial charge in [-0.25, -0.2) is 0 Å². The molecule has 6 heteroatoms. The molecule has 134 valence electrons. The third-order valence-electron chi connectivity index (χ3n) is 4.08. The second-order valence-electron chi connectivity index (χ2n) is 6.03. The number of benzene rings is 2. The molecule has 0 unspecified atom stereocenters. The Bertz CT molecular complexity index is 1070. The molecule has 0 saturated heterocycles. The quantitative estimate of drug-likeness (QED) is 0.576. The van der Waals surface area contributed by atoms with Crippen LogP contribution < -0.4 is 5.32 Å². The van der Waals surface area contributed by atoms with Gasteiger partial charge in [0.2, 0.25) is 5.82 Å². The Labute approximate surface area is 155 Å². The Morgan fingerprint density at radius 3 is 2.56 bits per heavy atom. The van der Waals surface area contributed by atoms with E-state index in [4.69, 9.17) is 8.94 Å². The Kier molecular flexibility index (Phi) is 4.53. The van der Waals surface area contributed by atoms with E-state index >= 15 is 0 Å². The number of hydrogen-bond donors (Lipinski definition) is 1. The van der Waals surface area contributed by atoms with E-state index in [9.17, 15) is 4.79 Å². The van der Waals surface area contributed by atoms with Gasteiger partial charge in [0.15, 0.2) is 0 Å². The number of aromatic nitrogens is 2. The van der Waals surface area contributed by atoms with Crippen LogP contribution in [0.3, 0.4) is 0 Å². The zero-order chi connectivity index (χ0) is 18.6. The number of hydrogen-bond acceptors (Lipinski definition) is 5. The van der Waals surface area contributed by atoms with Crippen LogP contribution in [0.25, 0.3) is 22.8 Å². The molecular weight excluding hydrogens is 342 g/mol. The smallest absolute Gasteiger partial charge is 0.259 e. The predicted molar refractivity (Wildman–Crippen MR) is 99.8 cm³/mol. The van der Waals surface area contributed by atoms with Crippen LogP contribution >= 0.6 is 0 Å². The molecule has 27 heavy (non-hydrogen) atoms. The largest absolute Gasteiger partial charge is 0.465 e. The molecule has 1 amide bonds. The average Bonchev–Trinajstić information content (AvgIpc) is 3.36. The van der Waals surface area contributed by atoms with E-state index in [0.717, 1.165) is 11.3 Å². The standard InChI is InChI=1S/C21H17N3O3/c1-14-11-12-16(26-14)13-22-20(25)17-9-5-6-10-18(17)21-23-19(24-27-21)15-7-3-2-4-8-15/h2-12H,13H2,1H3,(H,22,25). The third kappa shape index (κ3) is 3.64. The van der Waals surface area contributed by atoms with Crippen LogP contribution in [0.5, 0.6) is 0 Å². The number of furan rings is 1. The van der Waals surface area contributed by atoms with E-state index in [-0.39, 0.29) is 5.91 Å². The van der Waals surface area contributed by atoms with Crippen LogP contribution in [0.2, 0.25) is 0 Å². The van der Waals surface area contributed by atoms with Gasteiger partial charge in [-0.3, -0.25) is 4.79 Å². The number of carbonyl (C=O) groups is 1. The summed E-state index contributed by atoms with van der Waals surface area (Å²) in [6.45, 7) is 2.17. The predicted octanol–water partition coefficient (Wildman–Crippen LogP) is 4.24. The van der Waals surface area contributed by atoms with E-state index in [1.54, 1.807) is 18.2 Å². The van der Waals surface area contributed by atoms with Gasteiger partial charge in [0.25, 0.3) is 11.8 Å². The first kappa shape index (κ1) is 16.8. The van der Waals surface area contributed by atoms with E-state index in [1.165, 1.54) is 0 Å². The minimum atomic E-state index is -0.237. The number of amides is 1. The lowest BCUT2D eigenvalue weighted by Gasteiger charge is -2.06. The molecule has 0 radical (unpaired) electrons. The molecule has 1 N–H and O–H groups in total. The van der Waals surface area contributed by atoms with Crippen LogP contribution in [-0.4, -0.2) is 16.0 Å². The van der Waals surface area contributed by atoms with Crippen LogP contribution in [0.15, 0.2) is 75.7 Å². The number of carbonyl (C=O) groups excluding carboxylic acids is 1. The maximum atomic E-state index is 12.7. The van der Waals surface area contributed by atoms with Crippen molar-refractivity contribution >= 4 is 5.91 Å². The number of aryl methyl sites for hydroxylation is 1. The summed E-state index contributed by atoms with van der Waals surface area (Å²) >= 11 is 0. The van der Waals surface area contributed by atoms with Gasteiger partial charge in [-0.1, -0.05) is 47.6 Å². The fourth-order valence-corrected chi connectivity index (χ4v) is 2.75. The SMILES string of the molecule is Cc1ccc(CNC(=O)c2ccccc2-c2nc(-c3ccccc3)no2)o1. The van der Waals surface area contributed by atoms with Gasteiger partial charge in [-0.05, 0) is 31.2 Å². The van der Waals surface area contributed by atoms with Gasteiger partial charge >= 0.3 is 0 Å². The molecule has 0 spiro atoms. The highest BCUT2D eigenvalue weighted by atomic mass is 16.5. The van der Waals surface area contributed by atoms with Crippen molar-refractivity contribution in [1.29, 1.82) is 0 Å². The number of nitrogens with one attached hydrogen (secondary N) is 1. The highest BCUT2D eigenvalue weighted by molar-refractivity contribution is 5.99. The molecule has 2 heterocycles. The van der Waals surface area contributed by atoms with Crippen molar-refractivity contribution in [2.75, 3.05) is 0 Å². The van der Waals surface area contributed by atoms with E-state index in [2.05, 4.69) is 15.5 Å². The molecule has 0 saturated carbocycles. The molecule has 0 atom stereocenters. The minimum Gasteiger partial charge on any atom is -0.465 e. The Morgan fingerprint density at radius 2 is 1.78 bits per heavy atom. The molecule has 4 rings (SSSR count). The monoisotopic (exact) mass is 359 g/mol. The number of rotatable bonds is 5. The minimum absolute atomic E-state index is 0.237. The fraction of sp³-hybridized carbons (Fsp3) is 0.0952. The molecule has 0 aliphatic heterocycles. The second-order valence-corrected chi connectivity index (χ2v) is 6.03. The van der Waals surface area contributed by atoms with Gasteiger partial charge in [-0.15, -0.1) is 0 Å². The van der Waals surface area contributed by atoms with Crippen molar-refractivity contribution in [2.45, 2.75) is 13.5 Å². The van der Waals surface area contributed by atoms with Gasteiger partial charge in [-0.2, -0.15) is 4.98 Å². The fourth-order valence-electron chi connectivity index (χ4n) is 2.75. The van der Waals surface area contributed by atoms with Crippen molar-refractivity contribution in [3.63, 3.8) is 0 Å². The molecule has 0 fully saturated rings. The summed E-state index contributed by atoms with van der Waals surface area (Å²) in [6, 6.07) is 20.4. The lowest BCUT2D eigenvalue weighted by atomic mass is 10.1. The van der Waals surface area contributed by atoms with E-state index < -0.39 is 0 Å². The molecular formula is C21H17N3O3. The van der Waals surface area contributed by atoms with E-state index in [0.29, 0.717) is 35.1 Å². The normalized spacial score (nSPS) is 10.7. The summed E-state index contributed by atoms with van der Waals surface area (Å²) in [5.41, 5.74) is 1.90. The highest BCUT2D eigenvalue weighted by Crippen LogP contribution is 2.25. The Hall–Kier alpha value is -3.67. The number of nitrogens with zero attached hydrogens (tertiary/aromatic N) is 2. The topological polar surface area (TPSA) is 81.2 Å². The third-order valence-corrected chi connectivity index (χ3v) is 4.08. The van der Waals surface area contributed by atoms with Crippen molar-refractivity contribution in [3.05, 3.63) is 83.8 Å². The van der Waals surface area contributed by atoms with Crippen LogP contribution in [0, 0.1) is 6.92 Å². The summed E-state index contributed by atoms with van der Waals surface area (Å²) in [4.78, 5) is 17.1. The first-order valence-corrected chi connectivity index (χ1v) is 8.53. The maximum Gasteiger partial charge on any atom is 0.259 e. The van der Waals surface area contributed by atoms with Crippen molar-refractivity contribution in [2.24, 2.45) is 0 Å². The summed E-state index contributed by atoms with van der Waals surface area (Å²) in [6.07, 6.45) is 0. The van der Waals surface area contributed by atoms with Crippen molar-refractivity contribution in [1.82, 2.24) is 15.5 Å². The molecule has 4 aromatic rings. The second kappa shape index (κ2) is 7.29. The van der Waals surface area contributed by atoms with Gasteiger partial charge < -0.3 is 14.3 Å². The van der Waals surface area contributed by atoms with Gasteiger partial charge in [0, 0.05) is 5.56 Å². The lowest BCUT2D eigenvalue weighted by molar-refractivity contribution is 0.0948. The van der Waals surface area contributed by atoms with E-state index in [1.807, 2.05) is 55.5 Å². The lowest BCUT2D eigenvalue weighted by Crippen LogP contribution is -2.23. The van der Waals surface area contributed by atoms with Gasteiger partial charge in [0.05, 0.1) is 17.7 Å². The Morgan fingerprint density at radius 1 is 1.00 bits per heavy atom. The highest BCUT2D eigenvalue weighted by Gasteiger charge is 2.18. The van der Waals surface area contributed by atoms with Crippen LogP contribution in [0.1, 0.15) is 21.9 Å². The first-order valence-electron chi connectivity index (χ1n) is 8.53. The summed E-state index contributed by atoms with van der Waals surface area (Å²) in [5, 5.41) is 6.88. The molecule has 0 aliphatic rings. The van der Waals surface area contributed by atoms with Crippen molar-refractivity contribution < 1.29 is 13.7 Å². The van der Waals surface area contributed by atoms with Crippen LogP contribution in [0.4, 0.5) is 0 Å². The zero-order valence-corrected chi connectivity index (χ0v) is 14.7. The molecule has 0 bridgehead atoms. The van der Waals surface area contributed by atoms with Crippen molar-refractivity contribution in [3.8, 4) is 22.8 Å². The summed E-state index contributed by atoms with van der Waals surface area (Å²) in [5.74, 6) is 2.04. The zero-order valence-electron chi connectivity index (χ0n) is 14.7.